The van der Waals surface area contributed by atoms with Gasteiger partial charge >= 0.3 is 6.61 Å². The molecule has 0 heterocycles. The van der Waals surface area contributed by atoms with Gasteiger partial charge < -0.3 is 4.74 Å². The molecule has 1 fully saturated rings. The van der Waals surface area contributed by atoms with E-state index in [1.165, 1.54) is 12.1 Å². The van der Waals surface area contributed by atoms with E-state index in [9.17, 15) is 14.0 Å². The first kappa shape index (κ1) is 14.8. The van der Waals surface area contributed by atoms with Crippen molar-refractivity contribution in [1.82, 2.24) is 0 Å². The van der Waals surface area contributed by atoms with Gasteiger partial charge in [0.25, 0.3) is 0 Å². The number of alkyl halides is 2. The molecule has 0 radical (unpaired) electrons. The van der Waals surface area contributed by atoms with Gasteiger partial charge in [0.05, 0.1) is 11.5 Å². The molecule has 1 aliphatic carbocycles. The number of hydrogen-bond donors (Lipinski definition) is 0. The van der Waals surface area contributed by atoms with Crippen LogP contribution in [0.15, 0.2) is 24.3 Å². The van der Waals surface area contributed by atoms with Crippen LogP contribution in [0, 0.1) is 16.7 Å². The van der Waals surface area contributed by atoms with Gasteiger partial charge in [0, 0.05) is 0 Å². The summed E-state index contributed by atoms with van der Waals surface area (Å²) >= 11 is 0. The smallest absolute Gasteiger partial charge is 0.387 e. The van der Waals surface area contributed by atoms with Gasteiger partial charge in [-0.25, -0.2) is 0 Å². The molecule has 1 saturated carbocycles. The van der Waals surface area contributed by atoms with E-state index in [0.29, 0.717) is 0 Å². The molecule has 1 aromatic carbocycles. The molecule has 0 aromatic heterocycles. The average Bonchev–Trinajstić information content (AvgIpc) is 2.40. The zero-order valence-corrected chi connectivity index (χ0v) is 11.8. The van der Waals surface area contributed by atoms with Gasteiger partial charge in [-0.1, -0.05) is 38.8 Å². The van der Waals surface area contributed by atoms with Crippen molar-refractivity contribution in [2.45, 2.75) is 51.6 Å². The van der Waals surface area contributed by atoms with Crippen molar-refractivity contribution in [1.29, 1.82) is 5.26 Å². The second-order valence-corrected chi connectivity index (χ2v) is 5.66. The highest BCUT2D eigenvalue weighted by molar-refractivity contribution is 5.40. The summed E-state index contributed by atoms with van der Waals surface area (Å²) in [6.07, 6.45) is 3.83. The van der Waals surface area contributed by atoms with Crippen LogP contribution in [0.1, 0.15) is 45.1 Å². The van der Waals surface area contributed by atoms with E-state index < -0.39 is 12.0 Å². The fourth-order valence-electron chi connectivity index (χ4n) is 3.28. The third-order valence-corrected chi connectivity index (χ3v) is 4.70. The Labute approximate surface area is 118 Å². The van der Waals surface area contributed by atoms with Crippen molar-refractivity contribution in [3.05, 3.63) is 29.8 Å². The number of benzene rings is 1. The zero-order chi connectivity index (χ0) is 14.8. The molecule has 1 aromatic rings. The highest BCUT2D eigenvalue weighted by Gasteiger charge is 2.53. The van der Waals surface area contributed by atoms with E-state index in [1.807, 2.05) is 0 Å². The Hall–Kier alpha value is -1.63. The van der Waals surface area contributed by atoms with Gasteiger partial charge in [-0.2, -0.15) is 14.0 Å². The van der Waals surface area contributed by atoms with E-state index in [4.69, 9.17) is 0 Å². The van der Waals surface area contributed by atoms with Crippen LogP contribution in [0.5, 0.6) is 5.75 Å². The van der Waals surface area contributed by atoms with Crippen molar-refractivity contribution >= 4 is 0 Å². The van der Waals surface area contributed by atoms with Gasteiger partial charge in [0.1, 0.15) is 5.75 Å². The van der Waals surface area contributed by atoms with E-state index in [2.05, 4.69) is 24.7 Å². The summed E-state index contributed by atoms with van der Waals surface area (Å²) in [7, 11) is 0. The van der Waals surface area contributed by atoms with Crippen molar-refractivity contribution < 1.29 is 13.5 Å². The molecule has 0 spiro atoms. The summed E-state index contributed by atoms with van der Waals surface area (Å²) in [4.78, 5) is 0. The first-order chi connectivity index (χ1) is 9.49. The first-order valence-corrected chi connectivity index (χ1v) is 6.96. The molecule has 0 unspecified atom stereocenters. The largest absolute Gasteiger partial charge is 0.435 e. The fraction of sp³-hybridized carbons (Fsp3) is 0.562. The molecule has 0 bridgehead atoms. The number of halogens is 2. The monoisotopic (exact) mass is 279 g/mol. The van der Waals surface area contributed by atoms with Gasteiger partial charge in [0.2, 0.25) is 0 Å². The molecular weight excluding hydrogens is 260 g/mol. The van der Waals surface area contributed by atoms with Crippen LogP contribution in [0.4, 0.5) is 8.78 Å². The Morgan fingerprint density at radius 1 is 1.20 bits per heavy atom. The summed E-state index contributed by atoms with van der Waals surface area (Å²) in [6, 6.07) is 8.92. The molecule has 1 aliphatic rings. The highest BCUT2D eigenvalue weighted by Crippen LogP contribution is 2.58. The van der Waals surface area contributed by atoms with Crippen molar-refractivity contribution in [2.24, 2.45) is 5.41 Å². The molecule has 0 aliphatic heterocycles. The molecule has 108 valence electrons. The van der Waals surface area contributed by atoms with Crippen LogP contribution in [0.2, 0.25) is 0 Å². The van der Waals surface area contributed by atoms with Crippen LogP contribution < -0.4 is 4.74 Å². The molecule has 4 heteroatoms. The maximum atomic E-state index is 12.1. The van der Waals surface area contributed by atoms with Crippen LogP contribution in [0.25, 0.3) is 0 Å². The fourth-order valence-corrected chi connectivity index (χ4v) is 3.28. The number of hydrogen-bond acceptors (Lipinski definition) is 2. The Kier molecular flexibility index (Phi) is 3.99. The minimum Gasteiger partial charge on any atom is -0.435 e. The summed E-state index contributed by atoms with van der Waals surface area (Å²) in [5.41, 5.74) is 0.697. The molecule has 2 nitrogen and oxygen atoms in total. The quantitative estimate of drug-likeness (QED) is 0.786. The normalized spacial score (nSPS) is 19.2. The van der Waals surface area contributed by atoms with Crippen molar-refractivity contribution in [3.8, 4) is 11.8 Å². The topological polar surface area (TPSA) is 33.0 Å². The number of rotatable bonds is 5. The predicted octanol–water partition coefficient (Wildman–Crippen LogP) is 4.65. The molecule has 0 N–H and O–H groups in total. The molecular formula is C16H19F2NO. The third-order valence-electron chi connectivity index (χ3n) is 4.70. The first-order valence-electron chi connectivity index (χ1n) is 6.96. The SMILES string of the molecule is CCC1(CC)CC(C#N)(c2ccc(OC(F)F)cc2)C1. The van der Waals surface area contributed by atoms with E-state index >= 15 is 0 Å². The lowest BCUT2D eigenvalue weighted by Crippen LogP contribution is -2.48. The van der Waals surface area contributed by atoms with Crippen LogP contribution >= 0.6 is 0 Å². The summed E-state index contributed by atoms with van der Waals surface area (Å²) in [5.74, 6) is 0.133. The molecule has 0 saturated heterocycles. The standard InChI is InChI=1S/C16H19F2NO/c1-3-15(4-2)9-16(10-15,11-19)12-5-7-13(8-6-12)20-14(17)18/h5-8,14H,3-4,9-10H2,1-2H3. The molecule has 20 heavy (non-hydrogen) atoms. The Bertz CT molecular complexity index is 492. The van der Waals surface area contributed by atoms with Crippen LogP contribution in [-0.4, -0.2) is 6.61 Å². The second-order valence-electron chi connectivity index (χ2n) is 5.66. The average molecular weight is 279 g/mol. The summed E-state index contributed by atoms with van der Waals surface area (Å²) in [5, 5.41) is 9.53. The number of nitriles is 1. The summed E-state index contributed by atoms with van der Waals surface area (Å²) < 4.78 is 28.6. The number of nitrogens with zero attached hydrogens (tertiary/aromatic N) is 1. The van der Waals surface area contributed by atoms with E-state index in [0.717, 1.165) is 31.2 Å². The second kappa shape index (κ2) is 5.40. The van der Waals surface area contributed by atoms with Crippen molar-refractivity contribution in [3.63, 3.8) is 0 Å². The maximum absolute atomic E-state index is 12.1. The minimum absolute atomic E-state index is 0.133. The van der Waals surface area contributed by atoms with Crippen molar-refractivity contribution in [2.75, 3.05) is 0 Å². The van der Waals surface area contributed by atoms with E-state index in [1.54, 1.807) is 12.1 Å². The Balaban J connectivity index is 2.17. The highest BCUT2D eigenvalue weighted by atomic mass is 19.3. The lowest BCUT2D eigenvalue weighted by molar-refractivity contribution is -0.0498. The van der Waals surface area contributed by atoms with Gasteiger partial charge in [0.15, 0.2) is 0 Å². The lowest BCUT2D eigenvalue weighted by atomic mass is 9.49. The van der Waals surface area contributed by atoms with E-state index in [-0.39, 0.29) is 11.2 Å². The van der Waals surface area contributed by atoms with Gasteiger partial charge in [-0.05, 0) is 36.0 Å². The minimum atomic E-state index is -2.82. The lowest BCUT2D eigenvalue weighted by Gasteiger charge is -2.53. The van der Waals surface area contributed by atoms with Crippen LogP contribution in [0.3, 0.4) is 0 Å². The predicted molar refractivity (Wildman–Crippen MR) is 72.6 cm³/mol. The Morgan fingerprint density at radius 2 is 1.75 bits per heavy atom. The maximum Gasteiger partial charge on any atom is 0.387 e. The zero-order valence-electron chi connectivity index (χ0n) is 11.8. The van der Waals surface area contributed by atoms with Gasteiger partial charge in [-0.3, -0.25) is 0 Å². The molecule has 0 amide bonds. The molecule has 0 atom stereocenters. The summed E-state index contributed by atoms with van der Waals surface area (Å²) in [6.45, 7) is 1.50. The van der Waals surface area contributed by atoms with Crippen LogP contribution in [-0.2, 0) is 5.41 Å². The Morgan fingerprint density at radius 3 is 2.15 bits per heavy atom. The third kappa shape index (κ3) is 2.49. The number of ether oxygens (including phenoxy) is 1. The molecule has 2 rings (SSSR count). The van der Waals surface area contributed by atoms with Gasteiger partial charge in [-0.15, -0.1) is 0 Å².